The van der Waals surface area contributed by atoms with E-state index in [1.54, 1.807) is 35.5 Å². The molecule has 8 heteroatoms. The summed E-state index contributed by atoms with van der Waals surface area (Å²) in [5.41, 5.74) is 8.99. The Morgan fingerprint density at radius 2 is 1.29 bits per heavy atom. The van der Waals surface area contributed by atoms with Gasteiger partial charge >= 0.3 is 0 Å². The lowest BCUT2D eigenvalue weighted by Crippen LogP contribution is -2.00. The molecule has 2 aromatic carbocycles. The molecule has 2 aromatic rings. The second kappa shape index (κ2) is 8.96. The quantitative estimate of drug-likeness (QED) is 0.651. The van der Waals surface area contributed by atoms with Crippen molar-refractivity contribution in [3.63, 3.8) is 0 Å². The topological polar surface area (TPSA) is 72.2 Å². The normalized spacial score (nSPS) is 18.6. The summed E-state index contributed by atoms with van der Waals surface area (Å²) in [5, 5.41) is 0.290. The van der Waals surface area contributed by atoms with Crippen LogP contribution >= 0.6 is 23.5 Å². The number of methoxy groups -OCH3 is 5. The average Bonchev–Trinajstić information content (AvgIpc) is 3.22. The minimum Gasteiger partial charge on any atom is -0.493 e. The van der Waals surface area contributed by atoms with Gasteiger partial charge < -0.3 is 29.4 Å². The Balaban J connectivity index is 1.87. The van der Waals surface area contributed by atoms with Crippen LogP contribution in [-0.4, -0.2) is 41.3 Å². The van der Waals surface area contributed by atoms with Gasteiger partial charge in [-0.25, -0.2) is 0 Å². The van der Waals surface area contributed by atoms with Crippen LogP contribution in [0.25, 0.3) is 0 Å². The Labute approximate surface area is 174 Å². The highest BCUT2D eigenvalue weighted by atomic mass is 32.2. The molecule has 1 saturated heterocycles. The van der Waals surface area contributed by atoms with Gasteiger partial charge in [-0.15, -0.1) is 23.5 Å². The van der Waals surface area contributed by atoms with Crippen LogP contribution in [0.5, 0.6) is 28.7 Å². The SMILES string of the molecule is COc1cc([C@@H]2SC[C@H](c3cc(OC)c(OC)c(OC)c3)S2)cc(N)c1OC. The van der Waals surface area contributed by atoms with E-state index in [1.165, 1.54) is 0 Å². The Bertz CT molecular complexity index is 821. The maximum atomic E-state index is 6.16. The molecule has 2 atom stereocenters. The first kappa shape index (κ1) is 20.7. The minimum atomic E-state index is 0.242. The predicted molar refractivity (Wildman–Crippen MR) is 116 cm³/mol. The summed E-state index contributed by atoms with van der Waals surface area (Å²) in [6.07, 6.45) is 0. The van der Waals surface area contributed by atoms with Gasteiger partial charge in [-0.2, -0.15) is 0 Å². The Morgan fingerprint density at radius 3 is 1.82 bits per heavy atom. The predicted octanol–water partition coefficient (Wildman–Crippen LogP) is 4.53. The fourth-order valence-corrected chi connectivity index (χ4v) is 6.45. The van der Waals surface area contributed by atoms with E-state index in [1.807, 2.05) is 47.8 Å². The Morgan fingerprint density at radius 1 is 0.750 bits per heavy atom. The van der Waals surface area contributed by atoms with E-state index < -0.39 is 0 Å². The van der Waals surface area contributed by atoms with Crippen molar-refractivity contribution in [2.24, 2.45) is 0 Å². The third kappa shape index (κ3) is 3.89. The first-order valence-electron chi connectivity index (χ1n) is 8.64. The van der Waals surface area contributed by atoms with Gasteiger partial charge in [0, 0.05) is 11.0 Å². The molecule has 1 aliphatic heterocycles. The summed E-state index contributed by atoms with van der Waals surface area (Å²) in [4.78, 5) is 0. The number of rotatable bonds is 7. The number of nitrogens with two attached hydrogens (primary N) is 1. The number of benzene rings is 2. The smallest absolute Gasteiger partial charge is 0.203 e. The molecule has 0 unspecified atom stereocenters. The second-order valence-corrected chi connectivity index (χ2v) is 8.84. The number of thioether (sulfide) groups is 2. The number of ether oxygens (including phenoxy) is 5. The molecule has 2 N–H and O–H groups in total. The molecule has 0 bridgehead atoms. The molecule has 0 saturated carbocycles. The monoisotopic (exact) mass is 423 g/mol. The van der Waals surface area contributed by atoms with Crippen molar-refractivity contribution < 1.29 is 23.7 Å². The molecule has 0 amide bonds. The molecule has 1 fully saturated rings. The highest BCUT2D eigenvalue weighted by Crippen LogP contribution is 2.58. The van der Waals surface area contributed by atoms with Crippen molar-refractivity contribution in [1.29, 1.82) is 0 Å². The van der Waals surface area contributed by atoms with Crippen molar-refractivity contribution in [2.75, 3.05) is 47.0 Å². The maximum absolute atomic E-state index is 6.16. The van der Waals surface area contributed by atoms with Crippen LogP contribution in [0.1, 0.15) is 21.0 Å². The molecule has 1 heterocycles. The fraction of sp³-hybridized carbons (Fsp3) is 0.400. The number of hydrogen-bond acceptors (Lipinski definition) is 8. The lowest BCUT2D eigenvalue weighted by Gasteiger charge is -2.18. The second-order valence-electron chi connectivity index (χ2n) is 6.09. The molecule has 0 aliphatic carbocycles. The van der Waals surface area contributed by atoms with Gasteiger partial charge in [0.2, 0.25) is 5.75 Å². The van der Waals surface area contributed by atoms with E-state index in [-0.39, 0.29) is 9.83 Å². The lowest BCUT2D eigenvalue weighted by atomic mass is 10.1. The van der Waals surface area contributed by atoms with Crippen LogP contribution in [-0.2, 0) is 0 Å². The third-order valence-electron chi connectivity index (χ3n) is 4.55. The molecule has 3 rings (SSSR count). The van der Waals surface area contributed by atoms with Crippen LogP contribution < -0.4 is 29.4 Å². The van der Waals surface area contributed by atoms with Crippen molar-refractivity contribution in [1.82, 2.24) is 0 Å². The van der Waals surface area contributed by atoms with Crippen molar-refractivity contribution in [2.45, 2.75) is 9.83 Å². The zero-order valence-electron chi connectivity index (χ0n) is 16.6. The van der Waals surface area contributed by atoms with E-state index in [4.69, 9.17) is 29.4 Å². The van der Waals surface area contributed by atoms with Crippen LogP contribution in [0.3, 0.4) is 0 Å². The fourth-order valence-electron chi connectivity index (χ4n) is 3.19. The van der Waals surface area contributed by atoms with Crippen LogP contribution in [0.15, 0.2) is 24.3 Å². The van der Waals surface area contributed by atoms with Crippen molar-refractivity contribution in [3.8, 4) is 28.7 Å². The summed E-state index contributed by atoms with van der Waals surface area (Å²) < 4.78 is 27.4. The summed E-state index contributed by atoms with van der Waals surface area (Å²) in [7, 11) is 8.08. The van der Waals surface area contributed by atoms with E-state index in [9.17, 15) is 0 Å². The summed E-state index contributed by atoms with van der Waals surface area (Å²) in [6, 6.07) is 8.00. The molecular formula is C20H25NO5S2. The molecule has 0 radical (unpaired) electrons. The van der Waals surface area contributed by atoms with Gasteiger partial charge in [0.1, 0.15) is 0 Å². The van der Waals surface area contributed by atoms with E-state index in [0.717, 1.165) is 16.9 Å². The van der Waals surface area contributed by atoms with Gasteiger partial charge in [-0.1, -0.05) is 0 Å². The lowest BCUT2D eigenvalue weighted by molar-refractivity contribution is 0.324. The third-order valence-corrected chi connectivity index (χ3v) is 7.89. The largest absolute Gasteiger partial charge is 0.493 e. The molecule has 152 valence electrons. The average molecular weight is 424 g/mol. The first-order valence-corrected chi connectivity index (χ1v) is 10.6. The zero-order chi connectivity index (χ0) is 20.3. The van der Waals surface area contributed by atoms with E-state index in [0.29, 0.717) is 34.4 Å². The summed E-state index contributed by atoms with van der Waals surface area (Å²) in [6.45, 7) is 0. The van der Waals surface area contributed by atoms with Gasteiger partial charge in [-0.05, 0) is 35.4 Å². The number of hydrogen-bond donors (Lipinski definition) is 1. The van der Waals surface area contributed by atoms with Gasteiger partial charge in [-0.3, -0.25) is 0 Å². The van der Waals surface area contributed by atoms with Crippen LogP contribution in [0, 0.1) is 0 Å². The standard InChI is InChI=1S/C20H25NO5S2/c1-22-14-9-12(6-13(21)18(14)25-4)20-27-10-17(28-20)11-7-15(23-2)19(26-5)16(8-11)24-3/h6-9,17,20H,10,21H2,1-5H3/t17-,20-/m1/s1. The maximum Gasteiger partial charge on any atom is 0.203 e. The molecule has 28 heavy (non-hydrogen) atoms. The Hall–Kier alpha value is -2.06. The summed E-state index contributed by atoms with van der Waals surface area (Å²) >= 11 is 3.74. The van der Waals surface area contributed by atoms with Crippen molar-refractivity contribution in [3.05, 3.63) is 35.4 Å². The molecule has 0 aromatic heterocycles. The zero-order valence-corrected chi connectivity index (χ0v) is 18.2. The highest BCUT2D eigenvalue weighted by molar-refractivity contribution is 8.19. The molecular weight excluding hydrogens is 398 g/mol. The highest BCUT2D eigenvalue weighted by Gasteiger charge is 2.31. The van der Waals surface area contributed by atoms with E-state index >= 15 is 0 Å². The van der Waals surface area contributed by atoms with Gasteiger partial charge in [0.05, 0.1) is 45.8 Å². The summed E-state index contributed by atoms with van der Waals surface area (Å²) in [5.74, 6) is 4.12. The molecule has 1 aliphatic rings. The Kier molecular flexibility index (Phi) is 6.61. The first-order chi connectivity index (χ1) is 13.6. The van der Waals surface area contributed by atoms with Crippen LogP contribution in [0.2, 0.25) is 0 Å². The molecule has 6 nitrogen and oxygen atoms in total. The number of nitrogen functional groups attached to an aromatic ring is 1. The number of anilines is 1. The van der Waals surface area contributed by atoms with Crippen molar-refractivity contribution >= 4 is 29.2 Å². The minimum absolute atomic E-state index is 0.242. The molecule has 0 spiro atoms. The van der Waals surface area contributed by atoms with Gasteiger partial charge in [0.15, 0.2) is 23.0 Å². The van der Waals surface area contributed by atoms with E-state index in [2.05, 4.69) is 0 Å². The van der Waals surface area contributed by atoms with Crippen LogP contribution in [0.4, 0.5) is 5.69 Å². The van der Waals surface area contributed by atoms with Gasteiger partial charge in [0.25, 0.3) is 0 Å².